The number of nitrogens with one attached hydrogen (secondary N) is 1. The lowest BCUT2D eigenvalue weighted by Crippen LogP contribution is -2.24. The van der Waals surface area contributed by atoms with Gasteiger partial charge in [0.2, 0.25) is 5.91 Å². The first-order valence-corrected chi connectivity index (χ1v) is 8.86. The Hall–Kier alpha value is -1.05. The summed E-state index contributed by atoms with van der Waals surface area (Å²) in [5.74, 6) is 0.896. The zero-order valence-corrected chi connectivity index (χ0v) is 13.3. The van der Waals surface area contributed by atoms with Crippen LogP contribution >= 0.6 is 34.9 Å². The summed E-state index contributed by atoms with van der Waals surface area (Å²) in [5.41, 5.74) is 1.06. The second kappa shape index (κ2) is 6.15. The Morgan fingerprint density at radius 2 is 2.35 bits per heavy atom. The van der Waals surface area contributed by atoms with Gasteiger partial charge in [-0.1, -0.05) is 35.7 Å². The van der Waals surface area contributed by atoms with Crippen molar-refractivity contribution in [1.29, 1.82) is 0 Å². The fourth-order valence-corrected chi connectivity index (χ4v) is 5.10. The molecule has 3 rings (SSSR count). The molecule has 0 radical (unpaired) electrons. The van der Waals surface area contributed by atoms with E-state index in [0.717, 1.165) is 27.3 Å². The second-order valence-corrected chi connectivity index (χ2v) is 7.91. The first-order valence-electron chi connectivity index (χ1n) is 6.18. The molecule has 1 aliphatic heterocycles. The molecule has 2 aromatic rings. The number of amides is 1. The van der Waals surface area contributed by atoms with Crippen molar-refractivity contribution >= 4 is 56.2 Å². The summed E-state index contributed by atoms with van der Waals surface area (Å²) in [7, 11) is 0. The number of thiazole rings is 1. The number of benzene rings is 1. The standard InChI is InChI=1S/C13H13N3OS3/c1-8(17)15-12-14-6-9(19-12)7-18-13-16-10-4-2-3-5-11(10)20-13/h2-5,9H,6-7H2,1H3,(H,14,15,17). The van der Waals surface area contributed by atoms with Gasteiger partial charge in [-0.2, -0.15) is 0 Å². The first-order chi connectivity index (χ1) is 9.70. The highest BCUT2D eigenvalue weighted by atomic mass is 32.2. The van der Waals surface area contributed by atoms with Crippen molar-refractivity contribution in [2.75, 3.05) is 12.3 Å². The molecule has 1 aromatic heterocycles. The third kappa shape index (κ3) is 3.34. The van der Waals surface area contributed by atoms with Crippen molar-refractivity contribution in [3.05, 3.63) is 24.3 Å². The zero-order valence-electron chi connectivity index (χ0n) is 10.8. The SMILES string of the molecule is CC(=O)NC1=NCC(CSc2nc3ccccc3s2)S1. The van der Waals surface area contributed by atoms with Gasteiger partial charge in [0, 0.05) is 17.9 Å². The number of carbonyl (C=O) groups is 1. The summed E-state index contributed by atoms with van der Waals surface area (Å²) < 4.78 is 2.32. The van der Waals surface area contributed by atoms with Crippen LogP contribution in [0.3, 0.4) is 0 Å². The largest absolute Gasteiger partial charge is 0.306 e. The monoisotopic (exact) mass is 323 g/mol. The Kier molecular flexibility index (Phi) is 4.28. The predicted molar refractivity (Wildman–Crippen MR) is 87.8 cm³/mol. The second-order valence-electron chi connectivity index (χ2n) is 4.33. The third-order valence-corrected chi connectivity index (χ3v) is 6.32. The van der Waals surface area contributed by atoms with Crippen molar-refractivity contribution in [2.24, 2.45) is 4.99 Å². The average molecular weight is 323 g/mol. The number of amidine groups is 1. The average Bonchev–Trinajstić information content (AvgIpc) is 3.01. The summed E-state index contributed by atoms with van der Waals surface area (Å²) in [4.78, 5) is 19.9. The molecule has 1 atom stereocenters. The molecule has 0 bridgehead atoms. The molecule has 2 heterocycles. The van der Waals surface area contributed by atoms with Crippen molar-refractivity contribution in [3.8, 4) is 0 Å². The van der Waals surface area contributed by atoms with Gasteiger partial charge in [0.1, 0.15) is 0 Å². The van der Waals surface area contributed by atoms with E-state index in [1.54, 1.807) is 34.9 Å². The van der Waals surface area contributed by atoms with Crippen LogP contribution < -0.4 is 5.32 Å². The molecule has 0 saturated heterocycles. The van der Waals surface area contributed by atoms with Crippen LogP contribution in [-0.2, 0) is 4.79 Å². The fraction of sp³-hybridized carbons (Fsp3) is 0.308. The van der Waals surface area contributed by atoms with Gasteiger partial charge in [0.15, 0.2) is 9.51 Å². The van der Waals surface area contributed by atoms with Gasteiger partial charge in [0.25, 0.3) is 0 Å². The number of aliphatic imine (C=N–C) groups is 1. The van der Waals surface area contributed by atoms with E-state index in [9.17, 15) is 4.79 Å². The number of hydrogen-bond acceptors (Lipinski definition) is 6. The molecule has 1 aliphatic rings. The molecular formula is C13H13N3OS3. The zero-order chi connectivity index (χ0) is 13.9. The van der Waals surface area contributed by atoms with E-state index in [0.29, 0.717) is 5.25 Å². The first kappa shape index (κ1) is 13.9. The molecule has 1 unspecified atom stereocenters. The molecule has 1 amide bonds. The van der Waals surface area contributed by atoms with Crippen LogP contribution in [-0.4, -0.2) is 33.6 Å². The van der Waals surface area contributed by atoms with Gasteiger partial charge in [-0.05, 0) is 12.1 Å². The number of carbonyl (C=O) groups excluding carboxylic acids is 1. The normalized spacial score (nSPS) is 18.2. The number of thioether (sulfide) groups is 2. The Morgan fingerprint density at radius 3 is 3.15 bits per heavy atom. The van der Waals surface area contributed by atoms with Crippen LogP contribution in [0.1, 0.15) is 6.92 Å². The Balaban J connectivity index is 1.54. The van der Waals surface area contributed by atoms with E-state index in [1.165, 1.54) is 11.6 Å². The van der Waals surface area contributed by atoms with Gasteiger partial charge < -0.3 is 5.32 Å². The van der Waals surface area contributed by atoms with Gasteiger partial charge >= 0.3 is 0 Å². The molecule has 20 heavy (non-hydrogen) atoms. The summed E-state index contributed by atoms with van der Waals surface area (Å²) in [6.45, 7) is 2.27. The number of rotatable bonds is 3. The lowest BCUT2D eigenvalue weighted by molar-refractivity contribution is -0.117. The van der Waals surface area contributed by atoms with Crippen LogP contribution in [0.4, 0.5) is 0 Å². The van der Waals surface area contributed by atoms with Gasteiger partial charge in [-0.3, -0.25) is 9.79 Å². The highest BCUT2D eigenvalue weighted by Crippen LogP contribution is 2.32. The number of aromatic nitrogens is 1. The number of para-hydroxylation sites is 1. The Bertz CT molecular complexity index is 635. The van der Waals surface area contributed by atoms with Gasteiger partial charge in [-0.15, -0.1) is 11.3 Å². The minimum Gasteiger partial charge on any atom is -0.306 e. The lowest BCUT2D eigenvalue weighted by atomic mass is 10.3. The van der Waals surface area contributed by atoms with Crippen molar-refractivity contribution in [3.63, 3.8) is 0 Å². The van der Waals surface area contributed by atoms with Crippen molar-refractivity contribution in [2.45, 2.75) is 16.5 Å². The molecule has 4 nitrogen and oxygen atoms in total. The van der Waals surface area contributed by atoms with E-state index in [4.69, 9.17) is 0 Å². The van der Waals surface area contributed by atoms with Crippen LogP contribution in [0.15, 0.2) is 33.6 Å². The van der Waals surface area contributed by atoms with E-state index >= 15 is 0 Å². The van der Waals surface area contributed by atoms with Crippen LogP contribution in [0.25, 0.3) is 10.2 Å². The van der Waals surface area contributed by atoms with Crippen LogP contribution in [0.5, 0.6) is 0 Å². The fourth-order valence-electron chi connectivity index (χ4n) is 1.80. The summed E-state index contributed by atoms with van der Waals surface area (Å²) in [6, 6.07) is 8.18. The predicted octanol–water partition coefficient (Wildman–Crippen LogP) is 3.00. The molecular weight excluding hydrogens is 310 g/mol. The minimum atomic E-state index is -0.0595. The minimum absolute atomic E-state index is 0.0595. The molecule has 0 aliphatic carbocycles. The molecule has 0 spiro atoms. The maximum Gasteiger partial charge on any atom is 0.222 e. The van der Waals surface area contributed by atoms with E-state index < -0.39 is 0 Å². The highest BCUT2D eigenvalue weighted by Gasteiger charge is 2.21. The molecule has 104 valence electrons. The van der Waals surface area contributed by atoms with Crippen molar-refractivity contribution in [1.82, 2.24) is 10.3 Å². The summed E-state index contributed by atoms with van der Waals surface area (Å²) in [6.07, 6.45) is 0. The maximum atomic E-state index is 11.0. The van der Waals surface area contributed by atoms with Crippen LogP contribution in [0, 0.1) is 0 Å². The molecule has 0 fully saturated rings. The Morgan fingerprint density at radius 1 is 1.50 bits per heavy atom. The molecule has 7 heteroatoms. The topological polar surface area (TPSA) is 54.4 Å². The van der Waals surface area contributed by atoms with Crippen LogP contribution in [0.2, 0.25) is 0 Å². The number of hydrogen-bond donors (Lipinski definition) is 1. The lowest BCUT2D eigenvalue weighted by Gasteiger charge is -2.05. The quantitative estimate of drug-likeness (QED) is 0.882. The summed E-state index contributed by atoms with van der Waals surface area (Å²) >= 11 is 5.13. The maximum absolute atomic E-state index is 11.0. The number of fused-ring (bicyclic) bond motifs is 1. The van der Waals surface area contributed by atoms with E-state index in [2.05, 4.69) is 21.4 Å². The third-order valence-electron chi connectivity index (χ3n) is 2.67. The summed E-state index contributed by atoms with van der Waals surface area (Å²) in [5, 5.41) is 3.90. The Labute approximate surface area is 129 Å². The molecule has 1 N–H and O–H groups in total. The molecule has 0 saturated carbocycles. The molecule has 1 aromatic carbocycles. The van der Waals surface area contributed by atoms with E-state index in [1.807, 2.05) is 18.2 Å². The van der Waals surface area contributed by atoms with Gasteiger partial charge in [-0.25, -0.2) is 4.98 Å². The highest BCUT2D eigenvalue weighted by molar-refractivity contribution is 8.15. The van der Waals surface area contributed by atoms with Gasteiger partial charge in [0.05, 0.1) is 16.8 Å². The number of nitrogens with zero attached hydrogens (tertiary/aromatic N) is 2. The van der Waals surface area contributed by atoms with Crippen molar-refractivity contribution < 1.29 is 4.79 Å². The smallest absolute Gasteiger partial charge is 0.222 e. The van der Waals surface area contributed by atoms with E-state index in [-0.39, 0.29) is 5.91 Å².